The molecule has 0 aliphatic rings. The van der Waals surface area contributed by atoms with E-state index >= 15 is 0 Å². The average Bonchev–Trinajstić information content (AvgIpc) is 3.08. The Morgan fingerprint density at radius 3 is 2.64 bits per heavy atom. The Bertz CT molecular complexity index is 894. The van der Waals surface area contributed by atoms with Crippen LogP contribution in [0.5, 0.6) is 5.75 Å². The fourth-order valence-electron chi connectivity index (χ4n) is 2.41. The van der Waals surface area contributed by atoms with Crippen molar-refractivity contribution >= 4 is 17.6 Å². The molecule has 0 spiro atoms. The highest BCUT2D eigenvalue weighted by Crippen LogP contribution is 2.34. The molecule has 0 amide bonds. The number of methoxy groups -OCH3 is 1. The summed E-state index contributed by atoms with van der Waals surface area (Å²) in [5.41, 5.74) is 2.90. The number of carbonyl (C=O) groups excluding carboxylic acids is 1. The molecule has 0 unspecified atom stereocenters. The van der Waals surface area contributed by atoms with Gasteiger partial charge in [0, 0.05) is 23.5 Å². The van der Waals surface area contributed by atoms with Crippen molar-refractivity contribution in [2.45, 2.75) is 6.92 Å². The van der Waals surface area contributed by atoms with Crippen molar-refractivity contribution in [2.24, 2.45) is 0 Å². The van der Waals surface area contributed by atoms with Crippen LogP contribution in [0.1, 0.15) is 17.5 Å². The van der Waals surface area contributed by atoms with Crippen molar-refractivity contribution in [3.05, 3.63) is 53.6 Å². The lowest BCUT2D eigenvalue weighted by Crippen LogP contribution is -2.06. The van der Waals surface area contributed by atoms with E-state index in [0.29, 0.717) is 22.2 Å². The molecule has 0 aliphatic carbocycles. The summed E-state index contributed by atoms with van der Waals surface area (Å²) in [6.45, 7) is 2.02. The minimum absolute atomic E-state index is 0.137. The predicted molar refractivity (Wildman–Crippen MR) is 94.8 cm³/mol. The largest absolute Gasteiger partial charge is 0.495 e. The topological polar surface area (TPSA) is 77.1 Å². The van der Waals surface area contributed by atoms with Crippen LogP contribution in [-0.4, -0.2) is 34.6 Å². The summed E-state index contributed by atoms with van der Waals surface area (Å²) < 4.78 is 10.3. The van der Waals surface area contributed by atoms with Crippen LogP contribution in [0.15, 0.2) is 42.7 Å². The molecule has 0 aliphatic heterocycles. The molecule has 0 radical (unpaired) electrons. The molecule has 0 atom stereocenters. The number of pyridine rings is 1. The van der Waals surface area contributed by atoms with E-state index in [0.717, 1.165) is 11.1 Å². The summed E-state index contributed by atoms with van der Waals surface area (Å²) in [4.78, 5) is 23.6. The van der Waals surface area contributed by atoms with E-state index in [4.69, 9.17) is 21.1 Å². The lowest BCUT2D eigenvalue weighted by atomic mass is 10.1. The van der Waals surface area contributed by atoms with Crippen LogP contribution < -0.4 is 4.74 Å². The molecule has 7 heteroatoms. The fourth-order valence-corrected chi connectivity index (χ4v) is 2.61. The van der Waals surface area contributed by atoms with Crippen molar-refractivity contribution in [3.63, 3.8) is 0 Å². The molecular formula is C18H16ClN3O3. The third-order valence-electron chi connectivity index (χ3n) is 3.57. The lowest BCUT2D eigenvalue weighted by molar-refractivity contribution is 0.0513. The lowest BCUT2D eigenvalue weighted by Gasteiger charge is -2.07. The van der Waals surface area contributed by atoms with Gasteiger partial charge in [-0.3, -0.25) is 4.98 Å². The quantitative estimate of drug-likeness (QED) is 0.699. The maximum atomic E-state index is 12.1. The summed E-state index contributed by atoms with van der Waals surface area (Å²) in [5.74, 6) is 0.162. The van der Waals surface area contributed by atoms with Gasteiger partial charge in [0.05, 0.1) is 30.1 Å². The summed E-state index contributed by atoms with van der Waals surface area (Å²) in [6.07, 6.45) is 3.33. The maximum absolute atomic E-state index is 12.1. The highest BCUT2D eigenvalue weighted by molar-refractivity contribution is 6.32. The number of benzene rings is 1. The molecule has 2 aromatic heterocycles. The van der Waals surface area contributed by atoms with Gasteiger partial charge in [-0.2, -0.15) is 0 Å². The number of hydrogen-bond donors (Lipinski definition) is 1. The predicted octanol–water partition coefficient (Wildman–Crippen LogP) is 3.98. The Hall–Kier alpha value is -2.86. The Balaban J connectivity index is 2.15. The molecular weight excluding hydrogens is 342 g/mol. The minimum Gasteiger partial charge on any atom is -0.495 e. The first-order valence-corrected chi connectivity index (χ1v) is 8.03. The molecule has 128 valence electrons. The van der Waals surface area contributed by atoms with Gasteiger partial charge in [-0.15, -0.1) is 0 Å². The molecule has 0 fully saturated rings. The van der Waals surface area contributed by atoms with E-state index in [1.54, 1.807) is 38.6 Å². The number of halogens is 1. The third-order valence-corrected chi connectivity index (χ3v) is 3.88. The summed E-state index contributed by atoms with van der Waals surface area (Å²) >= 11 is 6.10. The molecule has 1 aromatic carbocycles. The number of ether oxygens (including phenoxy) is 2. The first-order valence-electron chi connectivity index (χ1n) is 7.65. The first kappa shape index (κ1) is 17.0. The number of imidazole rings is 1. The van der Waals surface area contributed by atoms with E-state index in [1.807, 2.05) is 18.2 Å². The molecule has 0 saturated carbocycles. The van der Waals surface area contributed by atoms with Gasteiger partial charge in [-0.05, 0) is 31.2 Å². The molecule has 25 heavy (non-hydrogen) atoms. The van der Waals surface area contributed by atoms with Gasteiger partial charge >= 0.3 is 5.97 Å². The standard InChI is InChI=1S/C18H16ClN3O3/c1-3-25-18(23)17-21-15(11-6-8-20-9-7-11)16(22-17)12-4-5-13(19)14(10-12)24-2/h4-10H,3H2,1-2H3,(H,21,22). The van der Waals surface area contributed by atoms with Gasteiger partial charge in [0.15, 0.2) is 0 Å². The van der Waals surface area contributed by atoms with Gasteiger partial charge in [0.1, 0.15) is 5.75 Å². The van der Waals surface area contributed by atoms with Crippen molar-refractivity contribution < 1.29 is 14.3 Å². The molecule has 1 N–H and O–H groups in total. The Kier molecular flexibility index (Phi) is 5.00. The highest BCUT2D eigenvalue weighted by Gasteiger charge is 2.20. The number of nitrogens with zero attached hydrogens (tertiary/aromatic N) is 2. The maximum Gasteiger partial charge on any atom is 0.374 e. The third kappa shape index (κ3) is 3.49. The van der Waals surface area contributed by atoms with Gasteiger partial charge in [0.2, 0.25) is 5.82 Å². The SMILES string of the molecule is CCOC(=O)c1nc(-c2ccncc2)c(-c2ccc(Cl)c(OC)c2)[nH]1. The number of rotatable bonds is 5. The van der Waals surface area contributed by atoms with Crippen LogP contribution >= 0.6 is 11.6 Å². The van der Waals surface area contributed by atoms with Crippen LogP contribution in [0.4, 0.5) is 0 Å². The normalized spacial score (nSPS) is 10.5. The Morgan fingerprint density at radius 1 is 1.20 bits per heavy atom. The van der Waals surface area contributed by atoms with Crippen LogP contribution in [-0.2, 0) is 4.74 Å². The number of H-pyrrole nitrogens is 1. The Morgan fingerprint density at radius 2 is 1.96 bits per heavy atom. The van der Waals surface area contributed by atoms with Gasteiger partial charge in [-0.1, -0.05) is 17.7 Å². The highest BCUT2D eigenvalue weighted by atomic mass is 35.5. The van der Waals surface area contributed by atoms with E-state index in [-0.39, 0.29) is 12.4 Å². The van der Waals surface area contributed by atoms with Crippen molar-refractivity contribution in [2.75, 3.05) is 13.7 Å². The van der Waals surface area contributed by atoms with Crippen molar-refractivity contribution in [3.8, 4) is 28.3 Å². The van der Waals surface area contributed by atoms with Crippen molar-refractivity contribution in [1.82, 2.24) is 15.0 Å². The zero-order valence-corrected chi connectivity index (χ0v) is 14.5. The number of esters is 1. The summed E-state index contributed by atoms with van der Waals surface area (Å²) in [6, 6.07) is 8.99. The van der Waals surface area contributed by atoms with E-state index in [1.165, 1.54) is 0 Å². The molecule has 0 saturated heterocycles. The number of aromatic nitrogens is 3. The van der Waals surface area contributed by atoms with E-state index in [9.17, 15) is 4.79 Å². The second kappa shape index (κ2) is 7.36. The molecule has 3 aromatic rings. The molecule has 2 heterocycles. The van der Waals surface area contributed by atoms with Gasteiger partial charge in [-0.25, -0.2) is 9.78 Å². The number of aromatic amines is 1. The van der Waals surface area contributed by atoms with Gasteiger partial charge < -0.3 is 14.5 Å². The average molecular weight is 358 g/mol. The minimum atomic E-state index is -0.509. The monoisotopic (exact) mass is 357 g/mol. The first-order chi connectivity index (χ1) is 12.1. The summed E-state index contributed by atoms with van der Waals surface area (Å²) in [5, 5.41) is 0.502. The number of hydrogen-bond acceptors (Lipinski definition) is 5. The number of carbonyl (C=O) groups is 1. The van der Waals surface area contributed by atoms with Crippen LogP contribution in [0.2, 0.25) is 5.02 Å². The molecule has 6 nitrogen and oxygen atoms in total. The number of nitrogens with one attached hydrogen (secondary N) is 1. The Labute approximate surface area is 149 Å². The second-order valence-corrected chi connectivity index (χ2v) is 5.52. The molecule has 0 bridgehead atoms. The fraction of sp³-hybridized carbons (Fsp3) is 0.167. The zero-order valence-electron chi connectivity index (χ0n) is 13.7. The van der Waals surface area contributed by atoms with E-state index < -0.39 is 5.97 Å². The van der Waals surface area contributed by atoms with Crippen LogP contribution in [0.25, 0.3) is 22.5 Å². The van der Waals surface area contributed by atoms with Crippen LogP contribution in [0.3, 0.4) is 0 Å². The van der Waals surface area contributed by atoms with Crippen molar-refractivity contribution in [1.29, 1.82) is 0 Å². The smallest absolute Gasteiger partial charge is 0.374 e. The van der Waals surface area contributed by atoms with Crippen LogP contribution in [0, 0.1) is 0 Å². The van der Waals surface area contributed by atoms with E-state index in [2.05, 4.69) is 15.0 Å². The second-order valence-electron chi connectivity index (χ2n) is 5.11. The summed E-state index contributed by atoms with van der Waals surface area (Å²) in [7, 11) is 1.55. The zero-order chi connectivity index (χ0) is 17.8. The van der Waals surface area contributed by atoms with Gasteiger partial charge in [0.25, 0.3) is 0 Å². The molecule has 3 rings (SSSR count).